The number of hydrogen-bond acceptors (Lipinski definition) is 5. The molecule has 0 spiro atoms. The van der Waals surface area contributed by atoms with Crippen LogP contribution in [0.15, 0.2) is 12.7 Å². The quantitative estimate of drug-likeness (QED) is 0.448. The van der Waals surface area contributed by atoms with Crippen LogP contribution in [0, 0.1) is 6.92 Å². The number of nitrogens with two attached hydrogens (primary N) is 1. The summed E-state index contributed by atoms with van der Waals surface area (Å²) in [5, 5.41) is 0. The fraction of sp³-hybridized carbons (Fsp3) is 0.500. The summed E-state index contributed by atoms with van der Waals surface area (Å²) in [6.07, 6.45) is 2.61. The highest BCUT2D eigenvalue weighted by Crippen LogP contribution is 2.14. The second-order valence-corrected chi connectivity index (χ2v) is 3.73. The number of hydrogen-bond donors (Lipinski definition) is 1. The van der Waals surface area contributed by atoms with Crippen molar-refractivity contribution in [3.63, 3.8) is 0 Å². The predicted molar refractivity (Wildman–Crippen MR) is 68.3 cm³/mol. The maximum absolute atomic E-state index is 11.4. The molecule has 1 aromatic heterocycles. The third-order valence-corrected chi connectivity index (χ3v) is 2.50. The van der Waals surface area contributed by atoms with Crippen molar-refractivity contribution < 1.29 is 14.3 Å². The average molecular weight is 253 g/mol. The zero-order valence-corrected chi connectivity index (χ0v) is 10.8. The number of methoxy groups -OCH3 is 1. The Morgan fingerprint density at radius 1 is 1.56 bits per heavy atom. The van der Waals surface area contributed by atoms with Gasteiger partial charge in [-0.1, -0.05) is 6.08 Å². The Hall–Kier alpha value is -1.82. The van der Waals surface area contributed by atoms with Crippen molar-refractivity contribution in [2.45, 2.75) is 19.9 Å². The van der Waals surface area contributed by atoms with Crippen molar-refractivity contribution in [1.82, 2.24) is 9.55 Å². The number of imidazole rings is 1. The molecule has 1 aromatic rings. The summed E-state index contributed by atoms with van der Waals surface area (Å²) in [7, 11) is 1.30. The molecule has 0 saturated heterocycles. The molecule has 6 nitrogen and oxygen atoms in total. The first kappa shape index (κ1) is 14.2. The molecule has 0 aliphatic rings. The van der Waals surface area contributed by atoms with Gasteiger partial charge in [0.05, 0.1) is 20.3 Å². The first-order valence-electron chi connectivity index (χ1n) is 5.71. The number of carbonyl (C=O) groups excluding carboxylic acids is 1. The Morgan fingerprint density at radius 2 is 2.28 bits per heavy atom. The zero-order chi connectivity index (χ0) is 13.5. The lowest BCUT2D eigenvalue weighted by Crippen LogP contribution is -2.12. The molecule has 0 saturated carbocycles. The topological polar surface area (TPSA) is 79.4 Å². The lowest BCUT2D eigenvalue weighted by molar-refractivity contribution is 0.0595. The van der Waals surface area contributed by atoms with Crippen molar-refractivity contribution in [3.05, 3.63) is 24.2 Å². The molecular weight excluding hydrogens is 234 g/mol. The van der Waals surface area contributed by atoms with E-state index in [0.717, 1.165) is 6.42 Å². The second kappa shape index (κ2) is 6.80. The molecule has 0 aliphatic carbocycles. The van der Waals surface area contributed by atoms with Crippen molar-refractivity contribution in [1.29, 1.82) is 0 Å². The number of esters is 1. The summed E-state index contributed by atoms with van der Waals surface area (Å²) >= 11 is 0. The van der Waals surface area contributed by atoms with Crippen molar-refractivity contribution in [2.75, 3.05) is 26.1 Å². The van der Waals surface area contributed by atoms with Gasteiger partial charge in [-0.3, -0.25) is 0 Å². The van der Waals surface area contributed by atoms with Gasteiger partial charge in [0.15, 0.2) is 5.69 Å². The summed E-state index contributed by atoms with van der Waals surface area (Å²) in [4.78, 5) is 15.5. The standard InChI is InChI=1S/C12H19N3O3/c1-4-5-7-18-8-6-15-9(2)14-10(11(15)13)12(16)17-3/h4H,1,5-8,13H2,2-3H3. The largest absolute Gasteiger partial charge is 0.464 e. The lowest BCUT2D eigenvalue weighted by Gasteiger charge is -2.07. The van der Waals surface area contributed by atoms with E-state index >= 15 is 0 Å². The van der Waals surface area contributed by atoms with Crippen LogP contribution in [0.4, 0.5) is 5.82 Å². The first-order valence-corrected chi connectivity index (χ1v) is 5.71. The highest BCUT2D eigenvalue weighted by Gasteiger charge is 2.18. The van der Waals surface area contributed by atoms with E-state index in [1.165, 1.54) is 7.11 Å². The highest BCUT2D eigenvalue weighted by molar-refractivity contribution is 5.92. The lowest BCUT2D eigenvalue weighted by atomic mass is 10.4. The number of aryl methyl sites for hydroxylation is 1. The molecule has 1 rings (SSSR count). The van der Waals surface area contributed by atoms with E-state index in [4.69, 9.17) is 10.5 Å². The molecule has 1 heterocycles. The molecule has 0 fully saturated rings. The summed E-state index contributed by atoms with van der Waals surface area (Å²) in [6.45, 7) is 7.08. The van der Waals surface area contributed by atoms with Gasteiger partial charge in [0.25, 0.3) is 0 Å². The summed E-state index contributed by atoms with van der Waals surface area (Å²) in [5.41, 5.74) is 6.00. The molecular formula is C12H19N3O3. The van der Waals surface area contributed by atoms with Gasteiger partial charge in [0.2, 0.25) is 0 Å². The van der Waals surface area contributed by atoms with Crippen LogP contribution in [-0.2, 0) is 16.0 Å². The molecule has 0 amide bonds. The summed E-state index contributed by atoms with van der Waals surface area (Å²) in [6, 6.07) is 0. The van der Waals surface area contributed by atoms with Crippen LogP contribution in [0.25, 0.3) is 0 Å². The maximum Gasteiger partial charge on any atom is 0.360 e. The van der Waals surface area contributed by atoms with Gasteiger partial charge in [-0.05, 0) is 13.3 Å². The van der Waals surface area contributed by atoms with Crippen LogP contribution in [-0.4, -0.2) is 35.8 Å². The van der Waals surface area contributed by atoms with Crippen LogP contribution in [0.2, 0.25) is 0 Å². The maximum atomic E-state index is 11.4. The van der Waals surface area contributed by atoms with Crippen LogP contribution in [0.1, 0.15) is 22.7 Å². The van der Waals surface area contributed by atoms with Crippen LogP contribution >= 0.6 is 0 Å². The van der Waals surface area contributed by atoms with E-state index in [1.54, 1.807) is 17.6 Å². The van der Waals surface area contributed by atoms with Gasteiger partial charge in [-0.2, -0.15) is 0 Å². The van der Waals surface area contributed by atoms with E-state index in [2.05, 4.69) is 16.3 Å². The molecule has 0 aromatic carbocycles. The first-order chi connectivity index (χ1) is 8.61. The van der Waals surface area contributed by atoms with Gasteiger partial charge < -0.3 is 19.8 Å². The highest BCUT2D eigenvalue weighted by atomic mass is 16.5. The van der Waals surface area contributed by atoms with Gasteiger partial charge in [0, 0.05) is 6.54 Å². The van der Waals surface area contributed by atoms with E-state index < -0.39 is 5.97 Å². The third-order valence-electron chi connectivity index (χ3n) is 2.50. The summed E-state index contributed by atoms with van der Waals surface area (Å²) < 4.78 is 11.7. The van der Waals surface area contributed by atoms with Crippen molar-refractivity contribution >= 4 is 11.8 Å². The normalized spacial score (nSPS) is 10.3. The number of ether oxygens (including phenoxy) is 2. The Labute approximate surface area is 106 Å². The summed E-state index contributed by atoms with van der Waals surface area (Å²) in [5.74, 6) is 0.453. The number of rotatable bonds is 7. The fourth-order valence-electron chi connectivity index (χ4n) is 1.54. The number of aromatic nitrogens is 2. The van der Waals surface area contributed by atoms with Gasteiger partial charge in [-0.25, -0.2) is 9.78 Å². The van der Waals surface area contributed by atoms with Crippen LogP contribution in [0.5, 0.6) is 0 Å². The van der Waals surface area contributed by atoms with Crippen LogP contribution < -0.4 is 5.73 Å². The third kappa shape index (κ3) is 3.33. The van der Waals surface area contributed by atoms with Gasteiger partial charge >= 0.3 is 5.97 Å². The van der Waals surface area contributed by atoms with Crippen LogP contribution in [0.3, 0.4) is 0 Å². The molecule has 0 aliphatic heterocycles. The Morgan fingerprint density at radius 3 is 2.89 bits per heavy atom. The second-order valence-electron chi connectivity index (χ2n) is 3.73. The van der Waals surface area contributed by atoms with E-state index in [9.17, 15) is 4.79 Å². The monoisotopic (exact) mass is 253 g/mol. The minimum atomic E-state index is -0.526. The van der Waals surface area contributed by atoms with Crippen molar-refractivity contribution in [3.8, 4) is 0 Å². The number of nitrogen functional groups attached to an aromatic ring is 1. The molecule has 18 heavy (non-hydrogen) atoms. The van der Waals surface area contributed by atoms with Gasteiger partial charge in [0.1, 0.15) is 11.6 Å². The molecule has 0 atom stereocenters. The molecule has 100 valence electrons. The molecule has 0 bridgehead atoms. The Balaban J connectivity index is 2.63. The molecule has 0 radical (unpaired) electrons. The van der Waals surface area contributed by atoms with E-state index in [-0.39, 0.29) is 5.69 Å². The minimum Gasteiger partial charge on any atom is -0.464 e. The predicted octanol–water partition coefficient (Wildman–Crippen LogP) is 1.15. The molecule has 0 unspecified atom stereocenters. The number of anilines is 1. The number of carbonyl (C=O) groups is 1. The van der Waals surface area contributed by atoms with E-state index in [0.29, 0.717) is 31.4 Å². The SMILES string of the molecule is C=CCCOCCn1c(C)nc(C(=O)OC)c1N. The number of nitrogens with zero attached hydrogens (tertiary/aromatic N) is 2. The van der Waals surface area contributed by atoms with Crippen molar-refractivity contribution in [2.24, 2.45) is 0 Å². The van der Waals surface area contributed by atoms with E-state index in [1.807, 2.05) is 0 Å². The smallest absolute Gasteiger partial charge is 0.360 e. The Kier molecular flexibility index (Phi) is 5.38. The zero-order valence-electron chi connectivity index (χ0n) is 10.8. The molecule has 2 N–H and O–H groups in total. The molecule has 6 heteroatoms. The fourth-order valence-corrected chi connectivity index (χ4v) is 1.54. The van der Waals surface area contributed by atoms with Gasteiger partial charge in [-0.15, -0.1) is 6.58 Å². The Bertz CT molecular complexity index is 426. The minimum absolute atomic E-state index is 0.154. The average Bonchev–Trinajstić information content (AvgIpc) is 2.65.